The molecule has 0 aromatic heterocycles. The lowest BCUT2D eigenvalue weighted by Gasteiger charge is -2.59. The molecule has 1 N–H and O–H groups in total. The number of allylic oxidation sites excluding steroid dienone is 8. The van der Waals surface area contributed by atoms with E-state index < -0.39 is 0 Å². The Morgan fingerprint density at radius 1 is 0.967 bits per heavy atom. The fourth-order valence-corrected chi connectivity index (χ4v) is 8.01. The van der Waals surface area contributed by atoms with Crippen LogP contribution in [-0.2, 0) is 0 Å². The monoisotopic (exact) mass is 408 g/mol. The highest BCUT2D eigenvalue weighted by atomic mass is 16.8. The zero-order chi connectivity index (χ0) is 21.1. The lowest BCUT2D eigenvalue weighted by molar-refractivity contribution is -0.377. The SMILES string of the molecule is CC12CCC3C(CCC4CCCCC43C)C1CC(C=C1C=CC(=[N+]([O-])[O-])C=C1)=C2O. The van der Waals surface area contributed by atoms with Gasteiger partial charge in [0, 0.05) is 17.6 Å². The van der Waals surface area contributed by atoms with E-state index in [1.54, 1.807) is 24.3 Å². The summed E-state index contributed by atoms with van der Waals surface area (Å²) < 4.78 is 0. The Morgan fingerprint density at radius 2 is 1.73 bits per heavy atom. The Bertz CT molecular complexity index is 872. The highest BCUT2D eigenvalue weighted by molar-refractivity contribution is 6.02. The van der Waals surface area contributed by atoms with Gasteiger partial charge in [-0.2, -0.15) is 4.90 Å². The van der Waals surface area contributed by atoms with Crippen LogP contribution in [0.3, 0.4) is 0 Å². The maximum absolute atomic E-state index is 11.3. The van der Waals surface area contributed by atoms with Gasteiger partial charge in [-0.3, -0.25) is 0 Å². The lowest BCUT2D eigenvalue weighted by atomic mass is 9.45. The van der Waals surface area contributed by atoms with E-state index in [1.807, 2.05) is 0 Å². The number of rotatable bonds is 1. The Kier molecular flexibility index (Phi) is 4.68. The van der Waals surface area contributed by atoms with E-state index >= 15 is 0 Å². The summed E-state index contributed by atoms with van der Waals surface area (Å²) >= 11 is 0. The molecule has 0 amide bonds. The van der Waals surface area contributed by atoms with Crippen molar-refractivity contribution in [2.45, 2.75) is 71.6 Å². The molecule has 4 heteroatoms. The third-order valence-corrected chi connectivity index (χ3v) is 9.70. The van der Waals surface area contributed by atoms with Crippen molar-refractivity contribution < 1.29 is 10.0 Å². The van der Waals surface area contributed by atoms with Crippen molar-refractivity contribution in [3.63, 3.8) is 0 Å². The summed E-state index contributed by atoms with van der Waals surface area (Å²) in [6.07, 6.45) is 20.3. The molecule has 4 nitrogen and oxygen atoms in total. The molecule has 30 heavy (non-hydrogen) atoms. The largest absolute Gasteiger partial charge is 0.612 e. The number of aliphatic hydroxyl groups excluding tert-OH is 1. The highest BCUT2D eigenvalue weighted by Gasteiger charge is 2.59. The minimum absolute atomic E-state index is 0.106. The van der Waals surface area contributed by atoms with Crippen LogP contribution in [0.2, 0.25) is 0 Å². The fourth-order valence-electron chi connectivity index (χ4n) is 8.01. The van der Waals surface area contributed by atoms with E-state index in [2.05, 4.69) is 19.9 Å². The quantitative estimate of drug-likeness (QED) is 0.406. The molecular weight excluding hydrogens is 374 g/mol. The van der Waals surface area contributed by atoms with Crippen LogP contribution in [-0.4, -0.2) is 15.7 Å². The summed E-state index contributed by atoms with van der Waals surface area (Å²) in [4.78, 5) is -0.367. The van der Waals surface area contributed by atoms with E-state index in [0.29, 0.717) is 23.0 Å². The first-order valence-corrected chi connectivity index (χ1v) is 11.8. The van der Waals surface area contributed by atoms with Gasteiger partial charge >= 0.3 is 0 Å². The van der Waals surface area contributed by atoms with Gasteiger partial charge in [0.15, 0.2) is 0 Å². The smallest absolute Gasteiger partial charge is 0.222 e. The molecule has 6 unspecified atom stereocenters. The first-order valence-electron chi connectivity index (χ1n) is 11.8. The van der Waals surface area contributed by atoms with Gasteiger partial charge in [0.05, 0.1) is 0 Å². The number of hydrogen-bond acceptors (Lipinski definition) is 3. The zero-order valence-corrected chi connectivity index (χ0v) is 18.3. The van der Waals surface area contributed by atoms with Gasteiger partial charge in [-0.25, -0.2) is 0 Å². The van der Waals surface area contributed by atoms with E-state index in [-0.39, 0.29) is 16.0 Å². The second-order valence-corrected chi connectivity index (χ2v) is 10.9. The normalized spacial score (nSPS) is 42.6. The third-order valence-electron chi connectivity index (χ3n) is 9.70. The molecule has 0 heterocycles. The molecule has 0 aliphatic heterocycles. The molecule has 0 aromatic rings. The predicted octanol–water partition coefficient (Wildman–Crippen LogP) is 6.34. The number of nitrogens with zero attached hydrogens (tertiary/aromatic N) is 1. The van der Waals surface area contributed by atoms with E-state index in [0.717, 1.165) is 35.8 Å². The molecule has 162 valence electrons. The van der Waals surface area contributed by atoms with Crippen molar-refractivity contribution in [3.8, 4) is 0 Å². The van der Waals surface area contributed by atoms with Crippen LogP contribution in [0.4, 0.5) is 0 Å². The number of aliphatic hydroxyl groups is 1. The average Bonchev–Trinajstić information content (AvgIpc) is 2.98. The van der Waals surface area contributed by atoms with Crippen LogP contribution >= 0.6 is 0 Å². The first-order chi connectivity index (χ1) is 14.3. The van der Waals surface area contributed by atoms with Crippen molar-refractivity contribution in [2.24, 2.45) is 34.5 Å². The van der Waals surface area contributed by atoms with Crippen molar-refractivity contribution in [2.75, 3.05) is 0 Å². The molecule has 0 saturated heterocycles. The molecule has 0 radical (unpaired) electrons. The molecule has 5 aliphatic rings. The summed E-state index contributed by atoms with van der Waals surface area (Å²) in [5.74, 6) is 3.54. The second kappa shape index (κ2) is 7.03. The summed E-state index contributed by atoms with van der Waals surface area (Å²) in [5.41, 5.74) is 2.49. The fraction of sp³-hybridized carbons (Fsp3) is 0.654. The highest BCUT2D eigenvalue weighted by Crippen LogP contribution is 2.67. The molecule has 3 fully saturated rings. The number of hydrogen-bond donors (Lipinski definition) is 1. The van der Waals surface area contributed by atoms with E-state index in [4.69, 9.17) is 0 Å². The zero-order valence-electron chi connectivity index (χ0n) is 18.3. The topological polar surface area (TPSA) is 69.4 Å². The summed E-state index contributed by atoms with van der Waals surface area (Å²) in [5, 5.41) is 33.1. The van der Waals surface area contributed by atoms with Gasteiger partial charge in [-0.15, -0.1) is 0 Å². The summed E-state index contributed by atoms with van der Waals surface area (Å²) in [6.45, 7) is 4.87. The Labute approximate surface area is 179 Å². The van der Waals surface area contributed by atoms with Crippen LogP contribution in [0, 0.1) is 44.9 Å². The molecule has 0 bridgehead atoms. The third kappa shape index (κ3) is 2.90. The van der Waals surface area contributed by atoms with E-state index in [9.17, 15) is 15.5 Å². The van der Waals surface area contributed by atoms with Gasteiger partial charge in [0.25, 0.3) is 0 Å². The summed E-state index contributed by atoms with van der Waals surface area (Å²) in [7, 11) is 0. The van der Waals surface area contributed by atoms with Crippen LogP contribution in [0.1, 0.15) is 71.6 Å². The Hall–Kier alpha value is -1.97. The van der Waals surface area contributed by atoms with Crippen LogP contribution in [0.5, 0.6) is 0 Å². The molecule has 0 spiro atoms. The maximum Gasteiger partial charge on any atom is 0.222 e. The van der Waals surface area contributed by atoms with Crippen molar-refractivity contribution in [3.05, 3.63) is 57.7 Å². The van der Waals surface area contributed by atoms with Crippen molar-refractivity contribution >= 4 is 5.71 Å². The molecule has 6 atom stereocenters. The second-order valence-electron chi connectivity index (χ2n) is 10.9. The maximum atomic E-state index is 11.3. The molecule has 0 aromatic carbocycles. The first kappa shape index (κ1) is 20.0. The van der Waals surface area contributed by atoms with Gasteiger partial charge in [0.2, 0.25) is 5.71 Å². The van der Waals surface area contributed by atoms with Crippen LogP contribution in [0.15, 0.2) is 47.3 Å². The molecule has 5 aliphatic carbocycles. The van der Waals surface area contributed by atoms with E-state index in [1.165, 1.54) is 44.9 Å². The van der Waals surface area contributed by atoms with Gasteiger partial charge in [-0.1, -0.05) is 26.7 Å². The molecular formula is C26H34NO3-. The average molecular weight is 409 g/mol. The standard InChI is InChI=1S/C26H34NO3/c1-25-13-4-3-5-19(25)8-11-21-22(25)12-14-26(2)23(21)16-18(24(26)28)15-17-6-9-20(10-7-17)27(29)30/h6-7,9-10,15,19,21-23H,3-5,8,11-14,16H2,1-2H3,(H-,28,29,30)/q-1. The van der Waals surface area contributed by atoms with Gasteiger partial charge in [-0.05, 0) is 103 Å². The number of fused-ring (bicyclic) bond motifs is 5. The predicted molar refractivity (Wildman–Crippen MR) is 120 cm³/mol. The van der Waals surface area contributed by atoms with Crippen molar-refractivity contribution in [1.29, 1.82) is 0 Å². The molecule has 5 rings (SSSR count). The van der Waals surface area contributed by atoms with Gasteiger partial charge in [0.1, 0.15) is 5.76 Å². The minimum Gasteiger partial charge on any atom is -0.612 e. The van der Waals surface area contributed by atoms with Crippen molar-refractivity contribution in [1.82, 2.24) is 0 Å². The Balaban J connectivity index is 1.41. The molecule has 3 saturated carbocycles. The Morgan fingerprint density at radius 3 is 2.47 bits per heavy atom. The lowest BCUT2D eigenvalue weighted by Crippen LogP contribution is -2.52. The summed E-state index contributed by atoms with van der Waals surface area (Å²) in [6, 6.07) is 0. The van der Waals surface area contributed by atoms with Crippen LogP contribution < -0.4 is 0 Å². The minimum atomic E-state index is -0.367. The van der Waals surface area contributed by atoms with Crippen LogP contribution in [0.25, 0.3) is 0 Å². The van der Waals surface area contributed by atoms with Gasteiger partial charge < -0.3 is 15.5 Å².